The Balaban J connectivity index is 2.18. The number of nitrogens with zero attached hydrogens (tertiary/aromatic N) is 2. The maximum Gasteiger partial charge on any atom is 0.342 e. The van der Waals surface area contributed by atoms with Crippen molar-refractivity contribution in [2.75, 3.05) is 4.90 Å². The molecule has 0 atom stereocenters. The zero-order valence-electron chi connectivity index (χ0n) is 12.3. The SMILES string of the molecule is Cc1ccc(N(C#N)C(=O)NC(=O)c2ccccc2)cc1C. The molecule has 0 bridgehead atoms. The van der Waals surface area contributed by atoms with Crippen LogP contribution in [0.5, 0.6) is 0 Å². The highest BCUT2D eigenvalue weighted by atomic mass is 16.2. The lowest BCUT2D eigenvalue weighted by Crippen LogP contribution is -2.40. The fourth-order valence-electron chi connectivity index (χ4n) is 1.90. The zero-order chi connectivity index (χ0) is 16.1. The minimum absolute atomic E-state index is 0.355. The fraction of sp³-hybridized carbons (Fsp3) is 0.118. The van der Waals surface area contributed by atoms with Crippen molar-refractivity contribution in [1.82, 2.24) is 5.32 Å². The molecule has 1 N–H and O–H groups in total. The third-order valence-electron chi connectivity index (χ3n) is 3.31. The molecule has 0 aromatic heterocycles. The molecule has 5 heteroatoms. The molecule has 2 rings (SSSR count). The normalized spacial score (nSPS) is 9.68. The van der Waals surface area contributed by atoms with Gasteiger partial charge in [0.05, 0.1) is 5.69 Å². The van der Waals surface area contributed by atoms with Gasteiger partial charge in [0.1, 0.15) is 0 Å². The average molecular weight is 293 g/mol. The van der Waals surface area contributed by atoms with Crippen LogP contribution in [0.25, 0.3) is 0 Å². The number of nitrogens with one attached hydrogen (secondary N) is 1. The van der Waals surface area contributed by atoms with E-state index in [1.807, 2.05) is 19.9 Å². The monoisotopic (exact) mass is 293 g/mol. The third-order valence-corrected chi connectivity index (χ3v) is 3.31. The van der Waals surface area contributed by atoms with Gasteiger partial charge in [-0.05, 0) is 49.2 Å². The lowest BCUT2D eigenvalue weighted by Gasteiger charge is -2.15. The Labute approximate surface area is 128 Å². The van der Waals surface area contributed by atoms with Crippen LogP contribution in [0.2, 0.25) is 0 Å². The molecule has 22 heavy (non-hydrogen) atoms. The standard InChI is InChI=1S/C17H15N3O2/c1-12-8-9-15(10-13(12)2)20(11-18)17(22)19-16(21)14-6-4-3-5-7-14/h3-10H,1-2H3,(H,19,21,22). The van der Waals surface area contributed by atoms with Crippen molar-refractivity contribution in [1.29, 1.82) is 5.26 Å². The number of anilines is 1. The molecule has 0 saturated heterocycles. The highest BCUT2D eigenvalue weighted by Crippen LogP contribution is 2.18. The number of nitriles is 1. The molecule has 0 saturated carbocycles. The molecular formula is C17H15N3O2. The molecule has 0 aliphatic heterocycles. The van der Waals surface area contributed by atoms with Crippen LogP contribution in [0, 0.1) is 25.3 Å². The summed E-state index contributed by atoms with van der Waals surface area (Å²) in [4.78, 5) is 24.9. The molecule has 0 fully saturated rings. The Morgan fingerprint density at radius 3 is 2.32 bits per heavy atom. The summed E-state index contributed by atoms with van der Waals surface area (Å²) in [5, 5.41) is 11.4. The summed E-state index contributed by atoms with van der Waals surface area (Å²) in [5.41, 5.74) is 2.79. The van der Waals surface area contributed by atoms with E-state index in [0.29, 0.717) is 11.3 Å². The van der Waals surface area contributed by atoms with E-state index in [1.165, 1.54) is 0 Å². The van der Waals surface area contributed by atoms with Crippen LogP contribution in [0.1, 0.15) is 21.5 Å². The Morgan fingerprint density at radius 2 is 1.73 bits per heavy atom. The summed E-state index contributed by atoms with van der Waals surface area (Å²) in [6.07, 6.45) is 1.79. The summed E-state index contributed by atoms with van der Waals surface area (Å²) >= 11 is 0. The van der Waals surface area contributed by atoms with Crippen LogP contribution in [0.15, 0.2) is 48.5 Å². The van der Waals surface area contributed by atoms with Crippen molar-refractivity contribution in [3.8, 4) is 6.19 Å². The summed E-state index contributed by atoms with van der Waals surface area (Å²) in [5.74, 6) is -0.547. The number of benzene rings is 2. The van der Waals surface area contributed by atoms with Crippen molar-refractivity contribution in [2.24, 2.45) is 0 Å². The molecule has 0 aliphatic rings. The van der Waals surface area contributed by atoms with E-state index in [-0.39, 0.29) is 0 Å². The molecule has 3 amide bonds. The number of hydrogen-bond donors (Lipinski definition) is 1. The van der Waals surface area contributed by atoms with Gasteiger partial charge in [0, 0.05) is 5.56 Å². The molecule has 5 nitrogen and oxygen atoms in total. The Bertz CT molecular complexity index is 748. The lowest BCUT2D eigenvalue weighted by atomic mass is 10.1. The predicted molar refractivity (Wildman–Crippen MR) is 83.3 cm³/mol. The van der Waals surface area contributed by atoms with Crippen LogP contribution in [0.3, 0.4) is 0 Å². The smallest absolute Gasteiger partial charge is 0.273 e. The number of rotatable bonds is 2. The summed E-state index contributed by atoms with van der Waals surface area (Å²) in [6, 6.07) is 12.8. The van der Waals surface area contributed by atoms with Crippen molar-refractivity contribution in [3.63, 3.8) is 0 Å². The Kier molecular flexibility index (Phi) is 4.54. The molecule has 0 spiro atoms. The number of carbonyl (C=O) groups excluding carboxylic acids is 2. The second-order valence-corrected chi connectivity index (χ2v) is 4.83. The minimum Gasteiger partial charge on any atom is -0.273 e. The molecule has 0 unspecified atom stereocenters. The molecule has 110 valence electrons. The van der Waals surface area contributed by atoms with Crippen LogP contribution < -0.4 is 10.2 Å². The summed E-state index contributed by atoms with van der Waals surface area (Å²) in [6.45, 7) is 3.83. The number of aryl methyl sites for hydroxylation is 2. The van der Waals surface area contributed by atoms with Crippen LogP contribution in [0.4, 0.5) is 10.5 Å². The maximum atomic E-state index is 12.1. The van der Waals surface area contributed by atoms with Crippen molar-refractivity contribution in [2.45, 2.75) is 13.8 Å². The van der Waals surface area contributed by atoms with E-state index in [2.05, 4.69) is 5.32 Å². The second kappa shape index (κ2) is 6.55. The highest BCUT2D eigenvalue weighted by Gasteiger charge is 2.19. The first-order chi connectivity index (χ1) is 10.5. The summed E-state index contributed by atoms with van der Waals surface area (Å²) < 4.78 is 0. The Hall–Kier alpha value is -3.13. The van der Waals surface area contributed by atoms with Gasteiger partial charge in [-0.2, -0.15) is 10.2 Å². The Morgan fingerprint density at radius 1 is 1.05 bits per heavy atom. The topological polar surface area (TPSA) is 73.2 Å². The highest BCUT2D eigenvalue weighted by molar-refractivity contribution is 6.09. The van der Waals surface area contributed by atoms with Crippen molar-refractivity contribution >= 4 is 17.6 Å². The summed E-state index contributed by atoms with van der Waals surface area (Å²) in [7, 11) is 0. The van der Waals surface area contributed by atoms with Gasteiger partial charge in [-0.25, -0.2) is 4.79 Å². The van der Waals surface area contributed by atoms with E-state index in [9.17, 15) is 14.9 Å². The molecule has 0 heterocycles. The largest absolute Gasteiger partial charge is 0.342 e. The van der Waals surface area contributed by atoms with Gasteiger partial charge >= 0.3 is 6.03 Å². The van der Waals surface area contributed by atoms with Crippen LogP contribution in [-0.2, 0) is 0 Å². The van der Waals surface area contributed by atoms with Crippen molar-refractivity contribution < 1.29 is 9.59 Å². The van der Waals surface area contributed by atoms with Crippen LogP contribution in [-0.4, -0.2) is 11.9 Å². The van der Waals surface area contributed by atoms with E-state index >= 15 is 0 Å². The van der Waals surface area contributed by atoms with Gasteiger partial charge in [-0.15, -0.1) is 0 Å². The first kappa shape index (κ1) is 15.3. The molecular weight excluding hydrogens is 278 g/mol. The molecule has 2 aromatic carbocycles. The van der Waals surface area contributed by atoms with Crippen LogP contribution >= 0.6 is 0 Å². The zero-order valence-corrected chi connectivity index (χ0v) is 12.3. The van der Waals surface area contributed by atoms with E-state index < -0.39 is 11.9 Å². The van der Waals surface area contributed by atoms with Crippen molar-refractivity contribution in [3.05, 3.63) is 65.2 Å². The lowest BCUT2D eigenvalue weighted by molar-refractivity contribution is 0.0966. The van der Waals surface area contributed by atoms with E-state index in [1.54, 1.807) is 48.7 Å². The maximum absolute atomic E-state index is 12.1. The van der Waals surface area contributed by atoms with Gasteiger partial charge in [0.2, 0.25) is 0 Å². The molecule has 2 aromatic rings. The predicted octanol–water partition coefficient (Wildman–Crippen LogP) is 3.14. The number of carbonyl (C=O) groups is 2. The quantitative estimate of drug-likeness (QED) is 0.683. The first-order valence-electron chi connectivity index (χ1n) is 6.70. The second-order valence-electron chi connectivity index (χ2n) is 4.83. The fourth-order valence-corrected chi connectivity index (χ4v) is 1.90. The van der Waals surface area contributed by atoms with E-state index in [4.69, 9.17) is 0 Å². The first-order valence-corrected chi connectivity index (χ1v) is 6.70. The number of amides is 3. The van der Waals surface area contributed by atoms with Gasteiger partial charge in [-0.1, -0.05) is 24.3 Å². The van der Waals surface area contributed by atoms with E-state index in [0.717, 1.165) is 16.0 Å². The van der Waals surface area contributed by atoms with Gasteiger partial charge in [-0.3, -0.25) is 10.1 Å². The average Bonchev–Trinajstić information content (AvgIpc) is 2.52. The number of hydrogen-bond acceptors (Lipinski definition) is 3. The molecule has 0 radical (unpaired) electrons. The molecule has 0 aliphatic carbocycles. The van der Waals surface area contributed by atoms with Gasteiger partial charge in [0.15, 0.2) is 6.19 Å². The van der Waals surface area contributed by atoms with Gasteiger partial charge in [0.25, 0.3) is 5.91 Å². The number of urea groups is 1. The van der Waals surface area contributed by atoms with Gasteiger partial charge < -0.3 is 0 Å². The minimum atomic E-state index is -0.778. The third kappa shape index (κ3) is 3.30. The number of imide groups is 1.